The SMILES string of the molecule is COc1cccc2cc(C(=O)NCC(c3ccc4c(c3)CCO4)N(C)C)c(=O)oc12. The summed E-state index contributed by atoms with van der Waals surface area (Å²) in [7, 11) is 5.41. The molecule has 0 bridgehead atoms. The molecule has 0 saturated heterocycles. The second kappa shape index (κ2) is 8.20. The van der Waals surface area contributed by atoms with Crippen LogP contribution in [0, 0.1) is 0 Å². The van der Waals surface area contributed by atoms with Crippen LogP contribution in [0.25, 0.3) is 11.0 Å². The van der Waals surface area contributed by atoms with Crippen LogP contribution >= 0.6 is 0 Å². The average molecular weight is 408 g/mol. The number of amides is 1. The highest BCUT2D eigenvalue weighted by atomic mass is 16.5. The van der Waals surface area contributed by atoms with E-state index >= 15 is 0 Å². The van der Waals surface area contributed by atoms with Crippen molar-refractivity contribution in [1.29, 1.82) is 0 Å². The molecule has 1 aliphatic rings. The zero-order valence-corrected chi connectivity index (χ0v) is 17.2. The van der Waals surface area contributed by atoms with E-state index in [1.807, 2.05) is 31.1 Å². The molecule has 7 heteroatoms. The lowest BCUT2D eigenvalue weighted by Crippen LogP contribution is -2.36. The van der Waals surface area contributed by atoms with E-state index in [1.54, 1.807) is 18.2 Å². The van der Waals surface area contributed by atoms with Gasteiger partial charge in [-0.2, -0.15) is 0 Å². The molecule has 2 heterocycles. The highest BCUT2D eigenvalue weighted by Crippen LogP contribution is 2.29. The maximum absolute atomic E-state index is 12.8. The molecule has 1 amide bonds. The van der Waals surface area contributed by atoms with Gasteiger partial charge in [0.1, 0.15) is 11.3 Å². The van der Waals surface area contributed by atoms with Gasteiger partial charge < -0.3 is 24.1 Å². The summed E-state index contributed by atoms with van der Waals surface area (Å²) in [6.07, 6.45) is 0.886. The van der Waals surface area contributed by atoms with Gasteiger partial charge in [-0.15, -0.1) is 0 Å². The molecular formula is C23H24N2O5. The number of rotatable bonds is 6. The molecule has 1 aromatic heterocycles. The summed E-state index contributed by atoms with van der Waals surface area (Å²) in [6, 6.07) is 12.8. The molecular weight excluding hydrogens is 384 g/mol. The molecule has 0 radical (unpaired) electrons. The number of benzene rings is 2. The fraction of sp³-hybridized carbons (Fsp3) is 0.304. The molecule has 1 atom stereocenters. The predicted octanol–water partition coefficient (Wildman–Crippen LogP) is 2.77. The van der Waals surface area contributed by atoms with Crippen molar-refractivity contribution in [2.45, 2.75) is 12.5 Å². The first-order valence-corrected chi connectivity index (χ1v) is 9.79. The van der Waals surface area contributed by atoms with Gasteiger partial charge >= 0.3 is 5.63 Å². The lowest BCUT2D eigenvalue weighted by Gasteiger charge is -2.25. The number of fused-ring (bicyclic) bond motifs is 2. The highest BCUT2D eigenvalue weighted by molar-refractivity contribution is 5.97. The summed E-state index contributed by atoms with van der Waals surface area (Å²) in [4.78, 5) is 27.2. The summed E-state index contributed by atoms with van der Waals surface area (Å²) >= 11 is 0. The predicted molar refractivity (Wildman–Crippen MR) is 113 cm³/mol. The van der Waals surface area contributed by atoms with E-state index < -0.39 is 11.5 Å². The van der Waals surface area contributed by atoms with Crippen LogP contribution in [0.1, 0.15) is 27.5 Å². The van der Waals surface area contributed by atoms with E-state index in [-0.39, 0.29) is 11.6 Å². The van der Waals surface area contributed by atoms with Crippen LogP contribution < -0.4 is 20.4 Å². The largest absolute Gasteiger partial charge is 0.493 e. The van der Waals surface area contributed by atoms with E-state index in [4.69, 9.17) is 13.9 Å². The number of carbonyl (C=O) groups excluding carboxylic acids is 1. The number of hydrogen-bond donors (Lipinski definition) is 1. The van der Waals surface area contributed by atoms with Gasteiger partial charge in [0.15, 0.2) is 11.3 Å². The Morgan fingerprint density at radius 2 is 2.07 bits per heavy atom. The topological polar surface area (TPSA) is 81.0 Å². The molecule has 1 unspecified atom stereocenters. The van der Waals surface area contributed by atoms with Gasteiger partial charge in [0.2, 0.25) is 0 Å². The van der Waals surface area contributed by atoms with E-state index in [2.05, 4.69) is 11.4 Å². The van der Waals surface area contributed by atoms with Crippen molar-refractivity contribution < 1.29 is 18.7 Å². The number of hydrogen-bond acceptors (Lipinski definition) is 6. The van der Waals surface area contributed by atoms with Crippen molar-refractivity contribution in [2.24, 2.45) is 0 Å². The summed E-state index contributed by atoms with van der Waals surface area (Å²) in [5.74, 6) is 0.902. The third-order valence-electron chi connectivity index (χ3n) is 5.37. The van der Waals surface area contributed by atoms with Crippen LogP contribution in [0.15, 0.2) is 51.7 Å². The van der Waals surface area contributed by atoms with Gasteiger partial charge in [-0.3, -0.25) is 4.79 Å². The Morgan fingerprint density at radius 1 is 1.23 bits per heavy atom. The van der Waals surface area contributed by atoms with Crippen molar-refractivity contribution in [3.05, 3.63) is 69.6 Å². The number of ether oxygens (including phenoxy) is 2. The monoisotopic (exact) mass is 408 g/mol. The van der Waals surface area contributed by atoms with Crippen LogP contribution in [0.3, 0.4) is 0 Å². The summed E-state index contributed by atoms with van der Waals surface area (Å²) in [6.45, 7) is 1.05. The van der Waals surface area contributed by atoms with Gasteiger partial charge in [0, 0.05) is 18.4 Å². The molecule has 2 aromatic carbocycles. The quantitative estimate of drug-likeness (QED) is 0.632. The number of nitrogens with one attached hydrogen (secondary N) is 1. The number of para-hydroxylation sites is 1. The van der Waals surface area contributed by atoms with Crippen LogP contribution in [0.2, 0.25) is 0 Å². The Bertz CT molecular complexity index is 1150. The van der Waals surface area contributed by atoms with E-state index in [0.29, 0.717) is 29.9 Å². The van der Waals surface area contributed by atoms with Crippen LogP contribution in [0.5, 0.6) is 11.5 Å². The molecule has 1 N–H and O–H groups in total. The van der Waals surface area contributed by atoms with E-state index in [1.165, 1.54) is 18.7 Å². The molecule has 3 aromatic rings. The standard InChI is InChI=1S/C23H24N2O5/c1-25(2)18(14-7-8-19-15(11-14)9-10-29-19)13-24-22(26)17-12-16-5-4-6-20(28-3)21(16)30-23(17)27/h4-8,11-12,18H,9-10,13H2,1-3H3,(H,24,26). The Hall–Kier alpha value is -3.32. The normalized spacial score (nSPS) is 13.7. The lowest BCUT2D eigenvalue weighted by atomic mass is 10.0. The van der Waals surface area contributed by atoms with Crippen molar-refractivity contribution in [3.8, 4) is 11.5 Å². The Kier molecular flexibility index (Phi) is 5.46. The molecule has 30 heavy (non-hydrogen) atoms. The maximum atomic E-state index is 12.8. The van der Waals surface area contributed by atoms with Crippen molar-refractivity contribution >= 4 is 16.9 Å². The van der Waals surface area contributed by atoms with Crippen molar-refractivity contribution in [1.82, 2.24) is 10.2 Å². The molecule has 0 saturated carbocycles. The molecule has 0 aliphatic carbocycles. The first kappa shape index (κ1) is 20.0. The number of carbonyl (C=O) groups is 1. The Labute approximate surface area is 174 Å². The minimum atomic E-state index is -0.694. The second-order valence-corrected chi connectivity index (χ2v) is 7.48. The van der Waals surface area contributed by atoms with Crippen LogP contribution in [0.4, 0.5) is 0 Å². The first-order valence-electron chi connectivity index (χ1n) is 9.79. The summed E-state index contributed by atoms with van der Waals surface area (Å²) in [5, 5.41) is 3.50. The summed E-state index contributed by atoms with van der Waals surface area (Å²) < 4.78 is 16.2. The van der Waals surface area contributed by atoms with Crippen LogP contribution in [-0.4, -0.2) is 45.2 Å². The number of methoxy groups -OCH3 is 1. The molecule has 7 nitrogen and oxygen atoms in total. The highest BCUT2D eigenvalue weighted by Gasteiger charge is 2.21. The third-order valence-corrected chi connectivity index (χ3v) is 5.37. The minimum Gasteiger partial charge on any atom is -0.493 e. The molecule has 0 spiro atoms. The zero-order valence-electron chi connectivity index (χ0n) is 17.2. The second-order valence-electron chi connectivity index (χ2n) is 7.48. The van der Waals surface area contributed by atoms with Crippen molar-refractivity contribution in [3.63, 3.8) is 0 Å². The van der Waals surface area contributed by atoms with Crippen LogP contribution in [-0.2, 0) is 6.42 Å². The van der Waals surface area contributed by atoms with Gasteiger partial charge in [0.05, 0.1) is 19.8 Å². The fourth-order valence-electron chi connectivity index (χ4n) is 3.73. The minimum absolute atomic E-state index is 0.0318. The molecule has 1 aliphatic heterocycles. The van der Waals surface area contributed by atoms with Crippen molar-refractivity contribution in [2.75, 3.05) is 34.4 Å². The lowest BCUT2D eigenvalue weighted by molar-refractivity contribution is 0.0938. The maximum Gasteiger partial charge on any atom is 0.349 e. The molecule has 4 rings (SSSR count). The van der Waals surface area contributed by atoms with E-state index in [9.17, 15) is 9.59 Å². The molecule has 156 valence electrons. The number of nitrogens with zero attached hydrogens (tertiary/aromatic N) is 1. The number of likely N-dealkylation sites (N-methyl/N-ethyl adjacent to an activating group) is 1. The van der Waals surface area contributed by atoms with Gasteiger partial charge in [-0.1, -0.05) is 24.3 Å². The fourth-order valence-corrected chi connectivity index (χ4v) is 3.73. The average Bonchev–Trinajstić information content (AvgIpc) is 3.20. The van der Waals surface area contributed by atoms with Gasteiger partial charge in [-0.05, 0) is 43.4 Å². The van der Waals surface area contributed by atoms with Gasteiger partial charge in [-0.25, -0.2) is 4.79 Å². The smallest absolute Gasteiger partial charge is 0.349 e. The Balaban J connectivity index is 1.55. The zero-order chi connectivity index (χ0) is 21.3. The molecule has 0 fully saturated rings. The Morgan fingerprint density at radius 3 is 2.83 bits per heavy atom. The van der Waals surface area contributed by atoms with Gasteiger partial charge in [0.25, 0.3) is 5.91 Å². The summed E-state index contributed by atoms with van der Waals surface area (Å²) in [5.41, 5.74) is 1.86. The van der Waals surface area contributed by atoms with E-state index in [0.717, 1.165) is 17.7 Å². The third kappa shape index (κ3) is 3.76. The first-order chi connectivity index (χ1) is 14.5.